The van der Waals surface area contributed by atoms with Crippen molar-refractivity contribution in [1.29, 1.82) is 0 Å². The van der Waals surface area contributed by atoms with Crippen LogP contribution in [0.4, 0.5) is 0 Å². The Balaban J connectivity index is 1.72. The van der Waals surface area contributed by atoms with Gasteiger partial charge in [-0.25, -0.2) is 4.98 Å². The minimum Gasteiger partial charge on any atom is -0.454 e. The van der Waals surface area contributed by atoms with Gasteiger partial charge in [0, 0.05) is 24.0 Å². The van der Waals surface area contributed by atoms with Crippen LogP contribution in [0.2, 0.25) is 0 Å². The Morgan fingerprint density at radius 1 is 1.25 bits per heavy atom. The maximum Gasteiger partial charge on any atom is 0.231 e. The van der Waals surface area contributed by atoms with E-state index >= 15 is 0 Å². The largest absolute Gasteiger partial charge is 0.454 e. The lowest BCUT2D eigenvalue weighted by Crippen LogP contribution is -2.32. The van der Waals surface area contributed by atoms with Gasteiger partial charge >= 0.3 is 0 Å². The van der Waals surface area contributed by atoms with Gasteiger partial charge in [0.25, 0.3) is 0 Å². The Kier molecular flexibility index (Phi) is 4.96. The van der Waals surface area contributed by atoms with E-state index in [2.05, 4.69) is 18.1 Å². The lowest BCUT2D eigenvalue weighted by Gasteiger charge is -2.18. The number of rotatable bonds is 7. The van der Waals surface area contributed by atoms with Crippen LogP contribution in [0.3, 0.4) is 0 Å². The fraction of sp³-hybridized carbons (Fsp3) is 0.222. The molecule has 0 saturated heterocycles. The van der Waals surface area contributed by atoms with Gasteiger partial charge < -0.3 is 14.4 Å². The Bertz CT molecular complexity index is 759. The van der Waals surface area contributed by atoms with E-state index in [0.29, 0.717) is 13.1 Å². The van der Waals surface area contributed by atoms with Crippen LogP contribution in [0, 0.1) is 0 Å². The Morgan fingerprint density at radius 2 is 2.00 bits per heavy atom. The third kappa shape index (κ3) is 3.49. The molecular weight excluding hydrogens is 324 g/mol. The predicted molar refractivity (Wildman–Crippen MR) is 94.4 cm³/mol. The van der Waals surface area contributed by atoms with Crippen molar-refractivity contribution in [3.63, 3.8) is 0 Å². The summed E-state index contributed by atoms with van der Waals surface area (Å²) in [7, 11) is 0. The number of benzene rings is 1. The van der Waals surface area contributed by atoms with Crippen LogP contribution in [0.25, 0.3) is 10.6 Å². The number of carbonyl (C=O) groups excluding carboxylic acids is 1. The van der Waals surface area contributed by atoms with Crippen LogP contribution in [-0.2, 0) is 11.2 Å². The first-order valence-corrected chi connectivity index (χ1v) is 8.43. The minimum atomic E-state index is 0.0114. The number of hydrogen-bond donors (Lipinski definition) is 0. The summed E-state index contributed by atoms with van der Waals surface area (Å²) in [5, 5.41) is 2.77. The molecule has 0 spiro atoms. The third-order valence-electron chi connectivity index (χ3n) is 3.56. The van der Waals surface area contributed by atoms with Gasteiger partial charge in [-0.1, -0.05) is 12.2 Å². The average Bonchev–Trinajstić information content (AvgIpc) is 3.22. The molecule has 1 aliphatic heterocycles. The van der Waals surface area contributed by atoms with E-state index in [4.69, 9.17) is 9.47 Å². The molecule has 0 saturated carbocycles. The molecular formula is C18H18N2O3S. The molecule has 1 aromatic carbocycles. The molecule has 3 rings (SSSR count). The maximum atomic E-state index is 12.4. The first-order chi connectivity index (χ1) is 11.7. The highest BCUT2D eigenvalue weighted by Gasteiger charge is 2.17. The number of amides is 1. The van der Waals surface area contributed by atoms with Gasteiger partial charge in [-0.2, -0.15) is 0 Å². The first kappa shape index (κ1) is 16.3. The zero-order valence-corrected chi connectivity index (χ0v) is 14.1. The van der Waals surface area contributed by atoms with E-state index in [1.54, 1.807) is 17.1 Å². The van der Waals surface area contributed by atoms with Gasteiger partial charge in [0.1, 0.15) is 5.01 Å². The molecule has 0 atom stereocenters. The monoisotopic (exact) mass is 342 g/mol. The number of aromatic nitrogens is 1. The van der Waals surface area contributed by atoms with Crippen LogP contribution in [-0.4, -0.2) is 35.7 Å². The molecule has 0 aliphatic carbocycles. The lowest BCUT2D eigenvalue weighted by atomic mass is 10.2. The predicted octanol–water partition coefficient (Wildman–Crippen LogP) is 3.28. The topological polar surface area (TPSA) is 51.7 Å². The second kappa shape index (κ2) is 7.31. The van der Waals surface area contributed by atoms with Crippen molar-refractivity contribution < 1.29 is 14.3 Å². The summed E-state index contributed by atoms with van der Waals surface area (Å²) >= 11 is 1.51. The summed E-state index contributed by atoms with van der Waals surface area (Å²) in [6, 6.07) is 5.73. The summed E-state index contributed by atoms with van der Waals surface area (Å²) in [4.78, 5) is 18.6. The van der Waals surface area contributed by atoms with E-state index in [1.807, 2.05) is 23.6 Å². The van der Waals surface area contributed by atoms with Crippen molar-refractivity contribution in [2.75, 3.05) is 19.9 Å². The standard InChI is InChI=1S/C18H18N2O3S/c1-3-7-20(8-4-2)17(21)10-14-11-24-18(19-14)13-5-6-15-16(9-13)23-12-22-15/h3-6,9,11H,1-2,7-8,10,12H2. The number of ether oxygens (including phenoxy) is 2. The molecule has 0 N–H and O–H groups in total. The van der Waals surface area contributed by atoms with Crippen LogP contribution in [0.5, 0.6) is 11.5 Å². The van der Waals surface area contributed by atoms with E-state index in [9.17, 15) is 4.79 Å². The quantitative estimate of drug-likeness (QED) is 0.725. The summed E-state index contributed by atoms with van der Waals surface area (Å²) in [5.41, 5.74) is 1.72. The van der Waals surface area contributed by atoms with Crippen LogP contribution >= 0.6 is 11.3 Å². The van der Waals surface area contributed by atoms with Crippen LogP contribution < -0.4 is 9.47 Å². The first-order valence-electron chi connectivity index (χ1n) is 7.55. The highest BCUT2D eigenvalue weighted by atomic mass is 32.1. The Hall–Kier alpha value is -2.60. The van der Waals surface area contributed by atoms with Gasteiger partial charge in [-0.3, -0.25) is 4.79 Å². The highest BCUT2D eigenvalue weighted by Crippen LogP contribution is 2.36. The average molecular weight is 342 g/mol. The number of carbonyl (C=O) groups is 1. The molecule has 0 bridgehead atoms. The molecule has 0 unspecified atom stereocenters. The molecule has 6 heteroatoms. The zero-order valence-electron chi connectivity index (χ0n) is 13.2. The van der Waals surface area contributed by atoms with Crippen molar-refractivity contribution in [1.82, 2.24) is 9.88 Å². The molecule has 24 heavy (non-hydrogen) atoms. The van der Waals surface area contributed by atoms with Crippen molar-refractivity contribution >= 4 is 17.2 Å². The summed E-state index contributed by atoms with van der Waals surface area (Å²) in [5.74, 6) is 1.48. The smallest absolute Gasteiger partial charge is 0.231 e. The number of nitrogens with zero attached hydrogens (tertiary/aromatic N) is 2. The van der Waals surface area contributed by atoms with E-state index in [-0.39, 0.29) is 19.1 Å². The SMILES string of the molecule is C=CCN(CC=C)C(=O)Cc1csc(-c2ccc3c(c2)OCO3)n1. The van der Waals surface area contributed by atoms with E-state index in [1.165, 1.54) is 11.3 Å². The summed E-state index contributed by atoms with van der Waals surface area (Å²) < 4.78 is 10.7. The fourth-order valence-electron chi connectivity index (χ4n) is 2.41. The molecule has 1 amide bonds. The van der Waals surface area contributed by atoms with Crippen molar-refractivity contribution in [2.24, 2.45) is 0 Å². The van der Waals surface area contributed by atoms with Gasteiger partial charge in [-0.15, -0.1) is 24.5 Å². The fourth-order valence-corrected chi connectivity index (χ4v) is 3.22. The zero-order chi connectivity index (χ0) is 16.9. The third-order valence-corrected chi connectivity index (χ3v) is 4.50. The lowest BCUT2D eigenvalue weighted by molar-refractivity contribution is -0.129. The van der Waals surface area contributed by atoms with Crippen molar-refractivity contribution in [3.8, 4) is 22.1 Å². The maximum absolute atomic E-state index is 12.4. The molecule has 1 aromatic heterocycles. The van der Waals surface area contributed by atoms with Crippen molar-refractivity contribution in [3.05, 3.63) is 54.6 Å². The van der Waals surface area contributed by atoms with Crippen LogP contribution in [0.15, 0.2) is 48.9 Å². The highest BCUT2D eigenvalue weighted by molar-refractivity contribution is 7.13. The Morgan fingerprint density at radius 3 is 2.75 bits per heavy atom. The van der Waals surface area contributed by atoms with Gasteiger partial charge in [0.15, 0.2) is 11.5 Å². The molecule has 2 aromatic rings. The number of fused-ring (bicyclic) bond motifs is 1. The summed E-state index contributed by atoms with van der Waals surface area (Å²) in [6.45, 7) is 8.62. The van der Waals surface area contributed by atoms with Crippen LogP contribution in [0.1, 0.15) is 5.69 Å². The van der Waals surface area contributed by atoms with E-state index < -0.39 is 0 Å². The number of hydrogen-bond acceptors (Lipinski definition) is 5. The van der Waals surface area contributed by atoms with Gasteiger partial charge in [0.05, 0.1) is 12.1 Å². The molecule has 5 nitrogen and oxygen atoms in total. The second-order valence-electron chi connectivity index (χ2n) is 5.26. The Labute approximate surface area is 144 Å². The molecule has 0 radical (unpaired) electrons. The molecule has 124 valence electrons. The van der Waals surface area contributed by atoms with E-state index in [0.717, 1.165) is 27.8 Å². The van der Waals surface area contributed by atoms with Gasteiger partial charge in [0.2, 0.25) is 12.7 Å². The normalized spacial score (nSPS) is 12.0. The molecule has 1 aliphatic rings. The number of thiazole rings is 1. The summed E-state index contributed by atoms with van der Waals surface area (Å²) in [6.07, 6.45) is 3.68. The van der Waals surface area contributed by atoms with Crippen molar-refractivity contribution in [2.45, 2.75) is 6.42 Å². The molecule has 2 heterocycles. The second-order valence-corrected chi connectivity index (χ2v) is 6.12. The minimum absolute atomic E-state index is 0.0114. The molecule has 0 fully saturated rings. The van der Waals surface area contributed by atoms with Gasteiger partial charge in [-0.05, 0) is 18.2 Å².